The summed E-state index contributed by atoms with van der Waals surface area (Å²) in [6.07, 6.45) is 3.16. The van der Waals surface area contributed by atoms with Gasteiger partial charge in [-0.25, -0.2) is 0 Å². The minimum absolute atomic E-state index is 0.00157. The molecular weight excluding hydrogens is 568 g/mol. The number of methoxy groups -OCH3 is 2. The van der Waals surface area contributed by atoms with E-state index >= 15 is 0 Å². The molecule has 4 aliphatic heterocycles. The van der Waals surface area contributed by atoms with Crippen molar-refractivity contribution in [3.05, 3.63) is 94.0 Å². The molecule has 0 fully saturated rings. The number of rotatable bonds is 2. The van der Waals surface area contributed by atoms with E-state index < -0.39 is 0 Å². The molecule has 45 heavy (non-hydrogen) atoms. The van der Waals surface area contributed by atoms with Gasteiger partial charge in [0, 0.05) is 25.4 Å². The average Bonchev–Trinajstić information content (AvgIpc) is 3.03. The molecule has 8 rings (SSSR count). The number of fused-ring (bicyclic) bond motifs is 2. The Morgan fingerprint density at radius 3 is 2.29 bits per heavy atom. The highest BCUT2D eigenvalue weighted by Gasteiger charge is 2.41. The third-order valence-electron chi connectivity index (χ3n) is 9.99. The second-order valence-corrected chi connectivity index (χ2v) is 13.1. The van der Waals surface area contributed by atoms with Crippen LogP contribution >= 0.6 is 0 Å². The lowest BCUT2D eigenvalue weighted by Gasteiger charge is -2.43. The predicted molar refractivity (Wildman–Crippen MR) is 172 cm³/mol. The van der Waals surface area contributed by atoms with E-state index in [-0.39, 0.29) is 23.6 Å². The zero-order valence-corrected chi connectivity index (χ0v) is 26.6. The first-order chi connectivity index (χ1) is 21.6. The van der Waals surface area contributed by atoms with Crippen LogP contribution in [-0.4, -0.2) is 68.0 Å². The highest BCUT2D eigenvalue weighted by atomic mass is 16.5. The molecule has 2 atom stereocenters. The topological polar surface area (TPSA) is 80.6 Å². The number of benzene rings is 4. The van der Waals surface area contributed by atoms with Crippen LogP contribution in [0.5, 0.6) is 46.0 Å². The molecule has 4 aromatic carbocycles. The Hall–Kier alpha value is -4.40. The van der Waals surface area contributed by atoms with Crippen molar-refractivity contribution in [1.29, 1.82) is 0 Å². The van der Waals surface area contributed by atoms with Crippen molar-refractivity contribution in [2.45, 2.75) is 37.8 Å². The molecule has 4 aliphatic rings. The first-order valence-electron chi connectivity index (χ1n) is 15.6. The fourth-order valence-corrected chi connectivity index (χ4v) is 7.27. The molecule has 234 valence electrons. The molecule has 0 saturated carbocycles. The Bertz CT molecular complexity index is 1770. The quantitative estimate of drug-likeness (QED) is 0.245. The largest absolute Gasteiger partial charge is 0.504 e. The van der Waals surface area contributed by atoms with E-state index in [2.05, 4.69) is 50.3 Å². The van der Waals surface area contributed by atoms with Crippen molar-refractivity contribution < 1.29 is 33.6 Å². The number of phenolic OH excluding ortho intramolecular Hbond substituents is 2. The maximum atomic E-state index is 11.5. The number of nitrogens with zero attached hydrogens (tertiary/aromatic N) is 2. The standard InChI is InChI=1S/C37H40N2O6/c1-38-14-12-24-19-32(42-4)33-21-27(24)28(38)16-22-6-9-26(10-7-22)44-37-35-25(20-34(43-5)36(37)41)13-15-39(2,3)29(35)17-23-8-11-30(40)31(18-23)45-33/h6-11,18-21,28-29H,12-17H2,1-5H3,(H-,40,41)/p+1/t28?,29-/m1/s1. The molecule has 4 heterocycles. The van der Waals surface area contributed by atoms with Crippen molar-refractivity contribution >= 4 is 0 Å². The summed E-state index contributed by atoms with van der Waals surface area (Å²) >= 11 is 0. The highest BCUT2D eigenvalue weighted by molar-refractivity contribution is 5.61. The molecule has 0 aromatic heterocycles. The van der Waals surface area contributed by atoms with Crippen molar-refractivity contribution in [3.8, 4) is 46.0 Å². The van der Waals surface area contributed by atoms with Crippen molar-refractivity contribution in [3.63, 3.8) is 0 Å². The van der Waals surface area contributed by atoms with Gasteiger partial charge in [-0.3, -0.25) is 4.90 Å². The lowest BCUT2D eigenvalue weighted by atomic mass is 9.86. The van der Waals surface area contributed by atoms with Crippen LogP contribution in [0.15, 0.2) is 60.7 Å². The molecule has 0 spiro atoms. The fourth-order valence-electron chi connectivity index (χ4n) is 7.27. The van der Waals surface area contributed by atoms with Gasteiger partial charge in [0.05, 0.1) is 40.4 Å². The van der Waals surface area contributed by atoms with Crippen LogP contribution in [0.2, 0.25) is 0 Å². The van der Waals surface area contributed by atoms with E-state index in [1.807, 2.05) is 30.3 Å². The second-order valence-electron chi connectivity index (χ2n) is 13.1. The maximum absolute atomic E-state index is 11.5. The normalized spacial score (nSPS) is 20.2. The smallest absolute Gasteiger partial charge is 0.201 e. The van der Waals surface area contributed by atoms with Gasteiger partial charge in [-0.05, 0) is 90.2 Å². The zero-order valence-electron chi connectivity index (χ0n) is 26.6. The molecule has 6 bridgehead atoms. The Morgan fingerprint density at radius 1 is 0.800 bits per heavy atom. The molecule has 0 aliphatic carbocycles. The molecule has 4 aromatic rings. The SMILES string of the molecule is COc1cc2c3cc1Oc1cc(ccc1O)C[C@@H]1c4c(cc(OC)c(O)c4Oc4ccc(cc4)CC3N(C)CC2)CC[N+]1(C)C. The summed E-state index contributed by atoms with van der Waals surface area (Å²) in [6.45, 7) is 1.84. The maximum Gasteiger partial charge on any atom is 0.201 e. The number of aromatic hydroxyl groups is 2. The summed E-state index contributed by atoms with van der Waals surface area (Å²) in [7, 11) is 9.80. The van der Waals surface area contributed by atoms with Crippen LogP contribution < -0.4 is 18.9 Å². The lowest BCUT2D eigenvalue weighted by Crippen LogP contribution is -2.48. The molecule has 8 heteroatoms. The summed E-state index contributed by atoms with van der Waals surface area (Å²) in [5.74, 6) is 3.14. The van der Waals surface area contributed by atoms with Gasteiger partial charge >= 0.3 is 0 Å². The van der Waals surface area contributed by atoms with Crippen LogP contribution in [0.4, 0.5) is 0 Å². The first-order valence-corrected chi connectivity index (χ1v) is 15.6. The summed E-state index contributed by atoms with van der Waals surface area (Å²) in [4.78, 5) is 2.38. The number of quaternary nitrogens is 1. The zero-order chi connectivity index (χ0) is 31.5. The van der Waals surface area contributed by atoms with Crippen LogP contribution in [-0.2, 0) is 25.7 Å². The summed E-state index contributed by atoms with van der Waals surface area (Å²) < 4.78 is 25.2. The Morgan fingerprint density at radius 2 is 1.53 bits per heavy atom. The summed E-state index contributed by atoms with van der Waals surface area (Å²) in [5.41, 5.74) is 6.66. The van der Waals surface area contributed by atoms with Gasteiger partial charge in [0.2, 0.25) is 5.75 Å². The minimum atomic E-state index is -0.0503. The van der Waals surface area contributed by atoms with E-state index in [1.54, 1.807) is 20.3 Å². The molecule has 0 saturated heterocycles. The van der Waals surface area contributed by atoms with Crippen LogP contribution in [0, 0.1) is 0 Å². The monoisotopic (exact) mass is 609 g/mol. The van der Waals surface area contributed by atoms with Gasteiger partial charge in [-0.15, -0.1) is 0 Å². The Kier molecular flexibility index (Phi) is 7.29. The Labute approximate surface area is 264 Å². The molecule has 0 amide bonds. The number of likely N-dealkylation sites (N-methyl/N-ethyl adjacent to an activating group) is 2. The van der Waals surface area contributed by atoms with Crippen molar-refractivity contribution in [1.82, 2.24) is 4.90 Å². The van der Waals surface area contributed by atoms with Gasteiger partial charge in [-0.2, -0.15) is 0 Å². The van der Waals surface area contributed by atoms with E-state index in [9.17, 15) is 10.2 Å². The molecule has 1 unspecified atom stereocenters. The van der Waals surface area contributed by atoms with E-state index in [4.69, 9.17) is 18.9 Å². The summed E-state index contributed by atoms with van der Waals surface area (Å²) in [6, 6.07) is 19.9. The van der Waals surface area contributed by atoms with E-state index in [0.29, 0.717) is 45.4 Å². The van der Waals surface area contributed by atoms with E-state index in [0.717, 1.165) is 49.0 Å². The third-order valence-corrected chi connectivity index (χ3v) is 9.99. The van der Waals surface area contributed by atoms with Crippen LogP contribution in [0.25, 0.3) is 0 Å². The van der Waals surface area contributed by atoms with Gasteiger partial charge in [0.15, 0.2) is 34.5 Å². The van der Waals surface area contributed by atoms with Crippen molar-refractivity contribution in [2.24, 2.45) is 0 Å². The van der Waals surface area contributed by atoms with Crippen molar-refractivity contribution in [2.75, 3.05) is 48.5 Å². The van der Waals surface area contributed by atoms with Gasteiger partial charge in [-0.1, -0.05) is 18.2 Å². The molecule has 8 nitrogen and oxygen atoms in total. The molecule has 0 radical (unpaired) electrons. The minimum Gasteiger partial charge on any atom is -0.504 e. The fraction of sp³-hybridized carbons (Fsp3) is 0.351. The number of hydrogen-bond donors (Lipinski definition) is 2. The van der Waals surface area contributed by atoms with Gasteiger partial charge in [0.1, 0.15) is 11.8 Å². The molecular formula is C37H41N2O6+. The average molecular weight is 610 g/mol. The third kappa shape index (κ3) is 5.22. The van der Waals surface area contributed by atoms with Gasteiger partial charge < -0.3 is 33.6 Å². The number of phenols is 2. The summed E-state index contributed by atoms with van der Waals surface area (Å²) in [5, 5.41) is 22.4. The predicted octanol–water partition coefficient (Wildman–Crippen LogP) is 6.70. The highest BCUT2D eigenvalue weighted by Crippen LogP contribution is 2.51. The second kappa shape index (κ2) is 11.2. The number of hydrogen-bond acceptors (Lipinski definition) is 7. The van der Waals surface area contributed by atoms with E-state index in [1.165, 1.54) is 16.7 Å². The first kappa shape index (κ1) is 29.3. The Balaban J connectivity index is 1.43. The molecule has 2 N–H and O–H groups in total. The number of ether oxygens (including phenoxy) is 4. The van der Waals surface area contributed by atoms with Crippen LogP contribution in [0.1, 0.15) is 45.5 Å². The lowest BCUT2D eigenvalue weighted by molar-refractivity contribution is -0.923. The van der Waals surface area contributed by atoms with Crippen LogP contribution in [0.3, 0.4) is 0 Å². The van der Waals surface area contributed by atoms with Gasteiger partial charge in [0.25, 0.3) is 0 Å².